The highest BCUT2D eigenvalue weighted by atomic mass is 19.3. The lowest BCUT2D eigenvalue weighted by atomic mass is 10.2. The Kier molecular flexibility index (Phi) is 37.1. The molecule has 1 rings (SSSR count). The SMILES string of the molecule is C=Cc1ccc(CCF)nc1.CC.CC.CCC(C)C.FCF. The average molecular weight is 335 g/mol. The summed E-state index contributed by atoms with van der Waals surface area (Å²) in [6.45, 7) is 16.1. The van der Waals surface area contributed by atoms with Gasteiger partial charge in [-0.2, -0.15) is 0 Å². The Balaban J connectivity index is -0.000000127. The van der Waals surface area contributed by atoms with Crippen LogP contribution in [0.3, 0.4) is 0 Å². The van der Waals surface area contributed by atoms with E-state index in [1.807, 2.05) is 39.8 Å². The van der Waals surface area contributed by atoms with E-state index in [0.717, 1.165) is 17.2 Å². The molecule has 0 N–H and O–H groups in total. The van der Waals surface area contributed by atoms with Crippen LogP contribution < -0.4 is 0 Å². The molecule has 1 heterocycles. The quantitative estimate of drug-likeness (QED) is 0.566. The van der Waals surface area contributed by atoms with Crippen molar-refractivity contribution in [1.29, 1.82) is 0 Å². The van der Waals surface area contributed by atoms with Crippen molar-refractivity contribution < 1.29 is 13.2 Å². The van der Waals surface area contributed by atoms with E-state index in [-0.39, 0.29) is 6.67 Å². The number of rotatable bonds is 4. The second kappa shape index (κ2) is 28.8. The molecule has 0 saturated heterocycles. The van der Waals surface area contributed by atoms with Crippen molar-refractivity contribution in [3.8, 4) is 0 Å². The van der Waals surface area contributed by atoms with E-state index in [1.165, 1.54) is 6.42 Å². The Labute approximate surface area is 142 Å². The maximum absolute atomic E-state index is 11.8. The van der Waals surface area contributed by atoms with Gasteiger partial charge in [0, 0.05) is 18.3 Å². The molecule has 0 fully saturated rings. The zero-order valence-electron chi connectivity index (χ0n) is 16.0. The monoisotopic (exact) mass is 335 g/mol. The molecule has 0 aliphatic heterocycles. The molecule has 0 unspecified atom stereocenters. The number of halogens is 3. The van der Waals surface area contributed by atoms with Crippen molar-refractivity contribution in [1.82, 2.24) is 4.98 Å². The van der Waals surface area contributed by atoms with E-state index >= 15 is 0 Å². The number of alkyl halides is 3. The Morgan fingerprint density at radius 3 is 1.74 bits per heavy atom. The number of nitrogens with zero attached hydrogens (tertiary/aromatic N) is 1. The fourth-order valence-corrected chi connectivity index (χ4v) is 0.801. The van der Waals surface area contributed by atoms with Crippen molar-refractivity contribution in [3.05, 3.63) is 36.2 Å². The van der Waals surface area contributed by atoms with Gasteiger partial charge in [-0.15, -0.1) is 0 Å². The minimum absolute atomic E-state index is 0.347. The summed E-state index contributed by atoms with van der Waals surface area (Å²) >= 11 is 0. The van der Waals surface area contributed by atoms with Gasteiger partial charge in [-0.25, -0.2) is 8.78 Å². The largest absolute Gasteiger partial charge is 0.261 e. The topological polar surface area (TPSA) is 12.9 Å². The van der Waals surface area contributed by atoms with Crippen LogP contribution in [0.15, 0.2) is 24.9 Å². The van der Waals surface area contributed by atoms with Gasteiger partial charge in [0.1, 0.15) is 0 Å². The van der Waals surface area contributed by atoms with Gasteiger partial charge in [-0.1, -0.05) is 73.6 Å². The van der Waals surface area contributed by atoms with Crippen LogP contribution in [-0.4, -0.2) is 18.6 Å². The second-order valence-electron chi connectivity index (χ2n) is 4.13. The molecule has 4 heteroatoms. The van der Waals surface area contributed by atoms with Crippen molar-refractivity contribution >= 4 is 6.08 Å². The van der Waals surface area contributed by atoms with E-state index in [9.17, 15) is 13.2 Å². The molecule has 1 nitrogen and oxygen atoms in total. The van der Waals surface area contributed by atoms with Gasteiger partial charge in [-0.05, 0) is 17.5 Å². The third-order valence-corrected chi connectivity index (χ3v) is 2.25. The Morgan fingerprint density at radius 2 is 1.52 bits per heavy atom. The highest BCUT2D eigenvalue weighted by Gasteiger charge is 1.92. The van der Waals surface area contributed by atoms with E-state index in [0.29, 0.717) is 6.42 Å². The first-order valence-corrected chi connectivity index (χ1v) is 8.30. The van der Waals surface area contributed by atoms with Crippen LogP contribution in [0.4, 0.5) is 13.2 Å². The molecule has 0 aromatic carbocycles. The summed E-state index contributed by atoms with van der Waals surface area (Å²) in [6.07, 6.45) is 5.11. The van der Waals surface area contributed by atoms with Crippen LogP contribution in [0, 0.1) is 5.92 Å². The molecular weight excluding hydrogens is 299 g/mol. The van der Waals surface area contributed by atoms with Crippen LogP contribution in [-0.2, 0) is 6.42 Å². The maximum atomic E-state index is 11.8. The summed E-state index contributed by atoms with van der Waals surface area (Å²) in [4.78, 5) is 4.03. The van der Waals surface area contributed by atoms with Crippen LogP contribution >= 0.6 is 0 Å². The van der Waals surface area contributed by atoms with E-state index in [1.54, 1.807) is 12.3 Å². The normalized spacial score (nSPS) is 7.96. The van der Waals surface area contributed by atoms with Gasteiger partial charge in [0.05, 0.1) is 6.67 Å². The fraction of sp³-hybridized carbons (Fsp3) is 0.632. The minimum Gasteiger partial charge on any atom is -0.261 e. The molecular formula is C19H36F3N. The summed E-state index contributed by atoms with van der Waals surface area (Å²) in [7, 11) is 0. The third-order valence-electron chi connectivity index (χ3n) is 2.25. The lowest BCUT2D eigenvalue weighted by Gasteiger charge is -1.95. The smallest absolute Gasteiger partial charge is 0.229 e. The molecule has 0 spiro atoms. The zero-order chi connectivity index (χ0) is 19.1. The number of aryl methyl sites for hydroxylation is 1. The van der Waals surface area contributed by atoms with Crippen LogP contribution in [0.2, 0.25) is 0 Å². The lowest BCUT2D eigenvalue weighted by molar-refractivity contribution is 0.295. The van der Waals surface area contributed by atoms with Gasteiger partial charge in [0.2, 0.25) is 6.93 Å². The Bertz CT molecular complexity index is 298. The van der Waals surface area contributed by atoms with Gasteiger partial charge >= 0.3 is 0 Å². The van der Waals surface area contributed by atoms with Crippen molar-refractivity contribution in [2.24, 2.45) is 5.92 Å². The van der Waals surface area contributed by atoms with Crippen LogP contribution in [0.25, 0.3) is 6.08 Å². The van der Waals surface area contributed by atoms with Gasteiger partial charge in [0.25, 0.3) is 0 Å². The second-order valence-corrected chi connectivity index (χ2v) is 4.13. The standard InChI is InChI=1S/C9H10FN.C5H12.2C2H6.CH2F2/c1-2-8-3-4-9(5-6-10)11-7-8;1-4-5(2)3;2*1-2;2-1-3/h2-4,7H,1,5-6H2;5H,4H2,1-3H3;2*1-2H3;1H2. The highest BCUT2D eigenvalue weighted by molar-refractivity contribution is 5.44. The third kappa shape index (κ3) is 29.4. The molecule has 0 amide bonds. The first kappa shape index (κ1) is 29.7. The Morgan fingerprint density at radius 1 is 1.09 bits per heavy atom. The maximum Gasteiger partial charge on any atom is 0.229 e. The number of hydrogen-bond acceptors (Lipinski definition) is 1. The summed E-state index contributed by atoms with van der Waals surface area (Å²) in [5.74, 6) is 0.884. The molecule has 1 aromatic rings. The van der Waals surface area contributed by atoms with Gasteiger partial charge in [-0.3, -0.25) is 9.37 Å². The molecule has 0 aliphatic rings. The number of aromatic nitrogens is 1. The molecule has 1 aromatic heterocycles. The fourth-order valence-electron chi connectivity index (χ4n) is 0.801. The minimum atomic E-state index is -1.75. The van der Waals surface area contributed by atoms with Crippen LogP contribution in [0.5, 0.6) is 0 Å². The van der Waals surface area contributed by atoms with Gasteiger partial charge in [0.15, 0.2) is 0 Å². The molecule has 0 bridgehead atoms. The summed E-state index contributed by atoms with van der Waals surface area (Å²) in [5.41, 5.74) is 1.76. The molecule has 138 valence electrons. The number of hydrogen-bond donors (Lipinski definition) is 0. The number of pyridine rings is 1. The molecule has 0 aliphatic carbocycles. The molecule has 0 atom stereocenters. The molecule has 23 heavy (non-hydrogen) atoms. The van der Waals surface area contributed by atoms with Crippen molar-refractivity contribution in [2.75, 3.05) is 13.6 Å². The van der Waals surface area contributed by atoms with Crippen molar-refractivity contribution in [3.63, 3.8) is 0 Å². The predicted molar refractivity (Wildman–Crippen MR) is 98.9 cm³/mol. The van der Waals surface area contributed by atoms with E-state index < -0.39 is 6.93 Å². The zero-order valence-corrected chi connectivity index (χ0v) is 16.0. The Hall–Kier alpha value is -1.32. The lowest BCUT2D eigenvalue weighted by Crippen LogP contribution is -1.90. The van der Waals surface area contributed by atoms with Crippen molar-refractivity contribution in [2.45, 2.75) is 61.3 Å². The van der Waals surface area contributed by atoms with E-state index in [2.05, 4.69) is 32.3 Å². The van der Waals surface area contributed by atoms with Crippen LogP contribution in [0.1, 0.15) is 66.1 Å². The molecule has 0 radical (unpaired) electrons. The first-order valence-electron chi connectivity index (χ1n) is 8.30. The molecule has 0 saturated carbocycles. The highest BCUT2D eigenvalue weighted by Crippen LogP contribution is 2.01. The predicted octanol–water partition coefficient (Wildman–Crippen LogP) is 7.22. The summed E-state index contributed by atoms with van der Waals surface area (Å²) in [6, 6.07) is 3.70. The van der Waals surface area contributed by atoms with E-state index in [4.69, 9.17) is 0 Å². The first-order chi connectivity index (χ1) is 11.0. The summed E-state index contributed by atoms with van der Waals surface area (Å²) in [5, 5.41) is 0. The van der Waals surface area contributed by atoms with Gasteiger partial charge < -0.3 is 0 Å². The summed E-state index contributed by atoms with van der Waals surface area (Å²) < 4.78 is 31.1. The average Bonchev–Trinajstić information content (AvgIpc) is 2.60.